The zero-order valence-corrected chi connectivity index (χ0v) is 25.5. The standard InChI is InChI=1S/C33H47NO6S/c1-33(2)39-25-28-23-27(17-18-32(28)40-33)31(35)24-34-19-8-3-4-9-20-38-21-10-7-12-26-13-11-16-30(22-26)41(36,37)29-14-5-6-15-29/h5-6,11,13,16-18,22-23,29,31,34-35H,3-4,7-10,12,14-15,19-21,24-25H2,1-2H3/t31-/m0/s1. The van der Waals surface area contributed by atoms with Crippen molar-refractivity contribution >= 4 is 9.84 Å². The summed E-state index contributed by atoms with van der Waals surface area (Å²) in [6, 6.07) is 13.3. The van der Waals surface area contributed by atoms with Crippen molar-refractivity contribution in [3.05, 3.63) is 71.3 Å². The first-order valence-electron chi connectivity index (χ1n) is 15.1. The Morgan fingerprint density at radius 3 is 2.56 bits per heavy atom. The van der Waals surface area contributed by atoms with Crippen LogP contribution in [0.25, 0.3) is 0 Å². The van der Waals surface area contributed by atoms with E-state index in [-0.39, 0.29) is 5.25 Å². The molecule has 226 valence electrons. The maximum absolute atomic E-state index is 12.8. The first kappa shape index (κ1) is 31.7. The van der Waals surface area contributed by atoms with Gasteiger partial charge in [0.1, 0.15) is 5.75 Å². The molecule has 0 amide bonds. The van der Waals surface area contributed by atoms with Gasteiger partial charge in [0.15, 0.2) is 9.84 Å². The zero-order valence-electron chi connectivity index (χ0n) is 24.6. The number of allylic oxidation sites excluding steroid dienone is 2. The summed E-state index contributed by atoms with van der Waals surface area (Å²) in [6.07, 6.45) is 11.8. The second kappa shape index (κ2) is 15.3. The Labute approximate surface area is 246 Å². The topological polar surface area (TPSA) is 94.1 Å². The molecule has 41 heavy (non-hydrogen) atoms. The van der Waals surface area contributed by atoms with Crippen molar-refractivity contribution in [2.75, 3.05) is 26.3 Å². The smallest absolute Gasteiger partial charge is 0.205 e. The average Bonchev–Trinajstić information content (AvgIpc) is 3.51. The van der Waals surface area contributed by atoms with E-state index in [1.54, 1.807) is 6.07 Å². The molecule has 4 rings (SSSR count). The third-order valence-corrected chi connectivity index (χ3v) is 9.94. The molecule has 0 unspecified atom stereocenters. The molecule has 2 N–H and O–H groups in total. The highest BCUT2D eigenvalue weighted by atomic mass is 32.2. The summed E-state index contributed by atoms with van der Waals surface area (Å²) in [5, 5.41) is 13.6. The molecule has 0 bridgehead atoms. The van der Waals surface area contributed by atoms with Gasteiger partial charge in [-0.15, -0.1) is 0 Å². The Balaban J connectivity index is 0.987. The van der Waals surface area contributed by atoms with Crippen LogP contribution in [0.1, 0.15) is 88.0 Å². The van der Waals surface area contributed by atoms with Crippen molar-refractivity contribution in [1.82, 2.24) is 5.32 Å². The van der Waals surface area contributed by atoms with Crippen LogP contribution < -0.4 is 10.1 Å². The summed E-state index contributed by atoms with van der Waals surface area (Å²) in [5.74, 6) is 0.207. The SMILES string of the molecule is CC1(C)OCc2cc([C@@H](O)CNCCCCCCOCCCCc3cccc(S(=O)(=O)C4CC=CC4)c3)ccc2O1. The number of hydrogen-bond acceptors (Lipinski definition) is 7. The quantitative estimate of drug-likeness (QED) is 0.173. The Morgan fingerprint density at radius 1 is 1.00 bits per heavy atom. The molecule has 2 aromatic carbocycles. The Morgan fingerprint density at radius 2 is 1.76 bits per heavy atom. The number of nitrogens with one attached hydrogen (secondary N) is 1. The molecule has 0 fully saturated rings. The maximum atomic E-state index is 12.8. The Hall–Kier alpha value is -2.23. The van der Waals surface area contributed by atoms with E-state index in [0.717, 1.165) is 87.1 Å². The van der Waals surface area contributed by atoms with Crippen molar-refractivity contribution in [3.8, 4) is 5.75 Å². The van der Waals surface area contributed by atoms with E-state index in [0.29, 0.717) is 30.9 Å². The second-order valence-corrected chi connectivity index (χ2v) is 13.8. The van der Waals surface area contributed by atoms with Gasteiger partial charge in [-0.25, -0.2) is 8.42 Å². The van der Waals surface area contributed by atoms with E-state index in [4.69, 9.17) is 14.2 Å². The largest absolute Gasteiger partial charge is 0.463 e. The van der Waals surface area contributed by atoms with Crippen molar-refractivity contribution in [3.63, 3.8) is 0 Å². The minimum Gasteiger partial charge on any atom is -0.463 e. The van der Waals surface area contributed by atoms with Crippen molar-refractivity contribution in [1.29, 1.82) is 0 Å². The fourth-order valence-electron chi connectivity index (χ4n) is 5.28. The predicted molar refractivity (Wildman–Crippen MR) is 162 cm³/mol. The highest BCUT2D eigenvalue weighted by Crippen LogP contribution is 2.33. The van der Waals surface area contributed by atoms with Gasteiger partial charge in [0.2, 0.25) is 5.79 Å². The van der Waals surface area contributed by atoms with Gasteiger partial charge in [-0.2, -0.15) is 0 Å². The number of sulfone groups is 1. The molecule has 8 heteroatoms. The number of hydrogen-bond donors (Lipinski definition) is 2. The zero-order chi connectivity index (χ0) is 29.1. The van der Waals surface area contributed by atoms with Crippen molar-refractivity contribution < 1.29 is 27.7 Å². The monoisotopic (exact) mass is 585 g/mol. The number of rotatable bonds is 17. The van der Waals surface area contributed by atoms with Crippen LogP contribution in [0.2, 0.25) is 0 Å². The summed E-state index contributed by atoms with van der Waals surface area (Å²) in [5.41, 5.74) is 2.92. The van der Waals surface area contributed by atoms with E-state index >= 15 is 0 Å². The molecule has 0 spiro atoms. The number of aryl methyl sites for hydroxylation is 1. The molecule has 0 aromatic heterocycles. The normalized spacial score (nSPS) is 17.3. The summed E-state index contributed by atoms with van der Waals surface area (Å²) < 4.78 is 43.0. The molecule has 7 nitrogen and oxygen atoms in total. The summed E-state index contributed by atoms with van der Waals surface area (Å²) in [6.45, 7) is 7.20. The molecule has 2 aromatic rings. The number of aliphatic hydroxyl groups excluding tert-OH is 1. The molecule has 0 saturated carbocycles. The molecule has 1 heterocycles. The lowest BCUT2D eigenvalue weighted by molar-refractivity contribution is -0.180. The predicted octanol–water partition coefficient (Wildman–Crippen LogP) is 6.05. The van der Waals surface area contributed by atoms with Gasteiger partial charge in [-0.1, -0.05) is 43.2 Å². The highest BCUT2D eigenvalue weighted by Gasteiger charge is 2.28. The van der Waals surface area contributed by atoms with Gasteiger partial charge >= 0.3 is 0 Å². The second-order valence-electron chi connectivity index (χ2n) is 11.6. The number of fused-ring (bicyclic) bond motifs is 1. The minimum absolute atomic E-state index is 0.305. The van der Waals surface area contributed by atoms with Crippen LogP contribution >= 0.6 is 0 Å². The number of benzene rings is 2. The molecule has 1 aliphatic carbocycles. The maximum Gasteiger partial charge on any atom is 0.205 e. The van der Waals surface area contributed by atoms with Gasteiger partial charge in [0.25, 0.3) is 0 Å². The number of unbranched alkanes of at least 4 members (excludes halogenated alkanes) is 4. The van der Waals surface area contributed by atoms with Crippen LogP contribution in [0.5, 0.6) is 5.75 Å². The average molecular weight is 586 g/mol. The molecular weight excluding hydrogens is 538 g/mol. The highest BCUT2D eigenvalue weighted by molar-refractivity contribution is 7.92. The minimum atomic E-state index is -3.25. The summed E-state index contributed by atoms with van der Waals surface area (Å²) >= 11 is 0. The van der Waals surface area contributed by atoms with Crippen molar-refractivity contribution in [2.24, 2.45) is 0 Å². The van der Waals surface area contributed by atoms with Gasteiger partial charge < -0.3 is 24.6 Å². The number of ether oxygens (including phenoxy) is 3. The fourth-order valence-corrected chi connectivity index (χ4v) is 6.98. The van der Waals surface area contributed by atoms with Crippen LogP contribution in [-0.2, 0) is 32.3 Å². The first-order chi connectivity index (χ1) is 19.7. The van der Waals surface area contributed by atoms with E-state index in [2.05, 4.69) is 5.32 Å². The van der Waals surface area contributed by atoms with Crippen LogP contribution in [0.3, 0.4) is 0 Å². The lowest BCUT2D eigenvalue weighted by atomic mass is 10.0. The van der Waals surface area contributed by atoms with Gasteiger partial charge in [-0.05, 0) is 86.9 Å². The van der Waals surface area contributed by atoms with E-state index in [9.17, 15) is 13.5 Å². The Kier molecular flexibility index (Phi) is 11.8. The molecule has 1 atom stereocenters. The molecule has 1 aliphatic heterocycles. The molecule has 0 saturated heterocycles. The lowest BCUT2D eigenvalue weighted by Gasteiger charge is -2.33. The number of aliphatic hydroxyl groups is 1. The first-order valence-corrected chi connectivity index (χ1v) is 16.7. The molecule has 2 aliphatic rings. The van der Waals surface area contributed by atoms with Crippen LogP contribution in [0.15, 0.2) is 59.5 Å². The Bertz CT molecular complexity index is 1230. The third kappa shape index (κ3) is 9.65. The third-order valence-electron chi connectivity index (χ3n) is 7.76. The van der Waals surface area contributed by atoms with Crippen LogP contribution in [0, 0.1) is 0 Å². The molecular formula is C33H47NO6S. The summed E-state index contributed by atoms with van der Waals surface area (Å²) in [4.78, 5) is 0.455. The van der Waals surface area contributed by atoms with Gasteiger partial charge in [-0.3, -0.25) is 0 Å². The van der Waals surface area contributed by atoms with Crippen molar-refractivity contribution in [2.45, 2.75) is 100 Å². The van der Waals surface area contributed by atoms with Gasteiger partial charge in [0, 0.05) is 39.2 Å². The molecule has 0 radical (unpaired) electrons. The lowest BCUT2D eigenvalue weighted by Crippen LogP contribution is -2.35. The van der Waals surface area contributed by atoms with E-state index in [1.807, 2.05) is 62.4 Å². The van der Waals surface area contributed by atoms with Crippen LogP contribution in [0.4, 0.5) is 0 Å². The van der Waals surface area contributed by atoms with Gasteiger partial charge in [0.05, 0.1) is 22.9 Å². The summed E-state index contributed by atoms with van der Waals surface area (Å²) in [7, 11) is -3.25. The van der Waals surface area contributed by atoms with Crippen LogP contribution in [-0.4, -0.2) is 50.9 Å². The van der Waals surface area contributed by atoms with E-state index in [1.165, 1.54) is 0 Å². The van der Waals surface area contributed by atoms with E-state index < -0.39 is 21.7 Å². The fraction of sp³-hybridized carbons (Fsp3) is 0.576.